The van der Waals surface area contributed by atoms with Gasteiger partial charge in [0.25, 0.3) is 5.95 Å². The van der Waals surface area contributed by atoms with Crippen molar-refractivity contribution in [2.24, 2.45) is 5.10 Å². The number of tetrazole rings is 1. The lowest BCUT2D eigenvalue weighted by Gasteiger charge is -2.17. The average molecular weight is 327 g/mol. The molecule has 24 heavy (non-hydrogen) atoms. The van der Waals surface area contributed by atoms with Crippen molar-refractivity contribution >= 4 is 11.7 Å². The van der Waals surface area contributed by atoms with Crippen molar-refractivity contribution in [1.29, 1.82) is 5.26 Å². The van der Waals surface area contributed by atoms with Gasteiger partial charge in [0.2, 0.25) is 0 Å². The van der Waals surface area contributed by atoms with Gasteiger partial charge in [-0.15, -0.1) is 0 Å². The fraction of sp³-hybridized carbons (Fsp3) is 0.438. The zero-order valence-electron chi connectivity index (χ0n) is 14.2. The molecule has 2 aromatic rings. The summed E-state index contributed by atoms with van der Waals surface area (Å²) in [5.41, 5.74) is 1.95. The van der Waals surface area contributed by atoms with E-state index in [1.807, 2.05) is 38.1 Å². The van der Waals surface area contributed by atoms with Gasteiger partial charge in [-0.1, -0.05) is 17.2 Å². The van der Waals surface area contributed by atoms with Gasteiger partial charge in [-0.05, 0) is 48.4 Å². The summed E-state index contributed by atoms with van der Waals surface area (Å²) >= 11 is 0. The topological polar surface area (TPSA) is 92.2 Å². The lowest BCUT2D eigenvalue weighted by molar-refractivity contribution is 0.414. The van der Waals surface area contributed by atoms with Crippen LogP contribution >= 0.6 is 0 Å². The minimum atomic E-state index is 0.467. The maximum absolute atomic E-state index is 8.72. The lowest BCUT2D eigenvalue weighted by Crippen LogP contribution is -2.23. The van der Waals surface area contributed by atoms with E-state index in [2.05, 4.69) is 26.7 Å². The Kier molecular flexibility index (Phi) is 6.25. The van der Waals surface area contributed by atoms with E-state index in [1.165, 1.54) is 0 Å². The fourth-order valence-corrected chi connectivity index (χ4v) is 2.14. The van der Waals surface area contributed by atoms with Crippen LogP contribution in [0, 0.1) is 11.3 Å². The molecule has 8 nitrogen and oxygen atoms in total. The molecule has 0 bridgehead atoms. The van der Waals surface area contributed by atoms with Crippen molar-refractivity contribution in [3.63, 3.8) is 0 Å². The van der Waals surface area contributed by atoms with Crippen LogP contribution in [0.2, 0.25) is 0 Å². The molecule has 0 spiro atoms. The highest BCUT2D eigenvalue weighted by molar-refractivity contribution is 5.79. The average Bonchev–Trinajstić information content (AvgIpc) is 3.02. The fourth-order valence-electron chi connectivity index (χ4n) is 2.14. The third-order valence-electron chi connectivity index (χ3n) is 3.21. The van der Waals surface area contributed by atoms with E-state index in [4.69, 9.17) is 10.00 Å². The third kappa shape index (κ3) is 4.78. The van der Waals surface area contributed by atoms with Crippen molar-refractivity contribution in [3.8, 4) is 11.8 Å². The van der Waals surface area contributed by atoms with Crippen molar-refractivity contribution in [3.05, 3.63) is 29.8 Å². The van der Waals surface area contributed by atoms with Crippen LogP contribution in [0.4, 0.5) is 5.95 Å². The number of hydrazone groups is 1. The molecular weight excluding hydrogens is 306 g/mol. The normalized spacial score (nSPS) is 10.1. The van der Waals surface area contributed by atoms with Gasteiger partial charge in [-0.25, -0.2) is 9.69 Å². The van der Waals surface area contributed by atoms with Gasteiger partial charge in [0.15, 0.2) is 0 Å². The molecule has 1 aromatic heterocycles. The summed E-state index contributed by atoms with van der Waals surface area (Å²) in [6.45, 7) is 4.94. The molecule has 0 saturated carbocycles. The molecule has 1 heterocycles. The highest BCUT2D eigenvalue weighted by atomic mass is 16.5. The van der Waals surface area contributed by atoms with E-state index in [1.54, 1.807) is 16.8 Å². The summed E-state index contributed by atoms with van der Waals surface area (Å²) < 4.78 is 6.86. The molecule has 0 aliphatic rings. The SMILES string of the molecule is COc1ccc(Cn2nnnc2N(CCCC#N)N=C(C)C)cc1. The molecule has 0 aliphatic heterocycles. The molecular formula is C16H21N7O. The number of anilines is 1. The van der Waals surface area contributed by atoms with Gasteiger partial charge >= 0.3 is 0 Å². The quantitative estimate of drug-likeness (QED) is 0.419. The number of ether oxygens (including phenoxy) is 1. The Hall–Kier alpha value is -2.95. The van der Waals surface area contributed by atoms with Crippen LogP contribution < -0.4 is 9.75 Å². The molecule has 0 unspecified atom stereocenters. The predicted molar refractivity (Wildman–Crippen MR) is 90.9 cm³/mol. The molecule has 0 radical (unpaired) electrons. The first-order valence-electron chi connectivity index (χ1n) is 7.69. The minimum absolute atomic E-state index is 0.467. The van der Waals surface area contributed by atoms with E-state index < -0.39 is 0 Å². The Morgan fingerprint density at radius 1 is 1.33 bits per heavy atom. The smallest absolute Gasteiger partial charge is 0.266 e. The minimum Gasteiger partial charge on any atom is -0.497 e. The van der Waals surface area contributed by atoms with Crippen molar-refractivity contribution < 1.29 is 4.74 Å². The molecule has 126 valence electrons. The second-order valence-electron chi connectivity index (χ2n) is 5.42. The molecule has 0 aliphatic carbocycles. The highest BCUT2D eigenvalue weighted by Gasteiger charge is 2.15. The highest BCUT2D eigenvalue weighted by Crippen LogP contribution is 2.16. The first-order chi connectivity index (χ1) is 11.6. The molecule has 0 fully saturated rings. The van der Waals surface area contributed by atoms with Crippen molar-refractivity contribution in [2.75, 3.05) is 18.7 Å². The number of aromatic nitrogens is 4. The van der Waals surface area contributed by atoms with Crippen LogP contribution in [0.5, 0.6) is 5.75 Å². The number of hydrogen-bond acceptors (Lipinski definition) is 7. The van der Waals surface area contributed by atoms with Gasteiger partial charge in [0.05, 0.1) is 19.7 Å². The Bertz CT molecular complexity index is 711. The largest absolute Gasteiger partial charge is 0.497 e. The number of methoxy groups -OCH3 is 1. The summed E-state index contributed by atoms with van der Waals surface area (Å²) in [7, 11) is 1.64. The molecule has 0 amide bonds. The number of nitrogens with zero attached hydrogens (tertiary/aromatic N) is 7. The van der Waals surface area contributed by atoms with E-state index in [0.29, 0.717) is 31.9 Å². The first-order valence-corrected chi connectivity index (χ1v) is 7.69. The zero-order chi connectivity index (χ0) is 17.4. The number of benzene rings is 1. The monoisotopic (exact) mass is 327 g/mol. The maximum Gasteiger partial charge on any atom is 0.266 e. The van der Waals surface area contributed by atoms with Crippen molar-refractivity contribution in [2.45, 2.75) is 33.2 Å². The second-order valence-corrected chi connectivity index (χ2v) is 5.42. The lowest BCUT2D eigenvalue weighted by atomic mass is 10.2. The Labute approximate surface area is 141 Å². The van der Waals surface area contributed by atoms with E-state index >= 15 is 0 Å². The van der Waals surface area contributed by atoms with Crippen LogP contribution in [-0.2, 0) is 6.54 Å². The summed E-state index contributed by atoms with van der Waals surface area (Å²) in [5.74, 6) is 1.37. The number of unbranched alkanes of at least 4 members (excludes halogenated alkanes) is 1. The Balaban J connectivity index is 2.18. The number of rotatable bonds is 8. The van der Waals surface area contributed by atoms with Crippen LogP contribution in [0.15, 0.2) is 29.4 Å². The van der Waals surface area contributed by atoms with Crippen LogP contribution in [0.1, 0.15) is 32.3 Å². The summed E-state index contributed by atoms with van der Waals surface area (Å²) in [6.07, 6.45) is 1.16. The van der Waals surface area contributed by atoms with Crippen LogP contribution in [-0.4, -0.2) is 39.6 Å². The molecule has 0 saturated heterocycles. The van der Waals surface area contributed by atoms with Gasteiger partial charge < -0.3 is 4.74 Å². The van der Waals surface area contributed by atoms with Gasteiger partial charge in [-0.3, -0.25) is 0 Å². The van der Waals surface area contributed by atoms with Gasteiger partial charge in [-0.2, -0.15) is 10.4 Å². The Morgan fingerprint density at radius 2 is 2.08 bits per heavy atom. The summed E-state index contributed by atoms with van der Waals surface area (Å²) in [6, 6.07) is 9.89. The maximum atomic E-state index is 8.72. The van der Waals surface area contributed by atoms with Crippen LogP contribution in [0.25, 0.3) is 0 Å². The summed E-state index contributed by atoms with van der Waals surface area (Å²) in [4.78, 5) is 0. The van der Waals surface area contributed by atoms with Gasteiger partial charge in [0.1, 0.15) is 5.75 Å². The first kappa shape index (κ1) is 17.4. The second kappa shape index (κ2) is 8.62. The molecule has 1 aromatic carbocycles. The van der Waals surface area contributed by atoms with E-state index in [9.17, 15) is 0 Å². The van der Waals surface area contributed by atoms with Crippen molar-refractivity contribution in [1.82, 2.24) is 20.2 Å². The molecule has 8 heteroatoms. The number of hydrogen-bond donors (Lipinski definition) is 0. The number of nitriles is 1. The van der Waals surface area contributed by atoms with E-state index in [0.717, 1.165) is 17.0 Å². The van der Waals surface area contributed by atoms with E-state index in [-0.39, 0.29) is 0 Å². The standard InChI is InChI=1S/C16H21N7O/c1-13(2)19-22(11-5-4-10-17)16-18-20-21-23(16)12-14-6-8-15(24-3)9-7-14/h6-9H,4-5,11-12H2,1-3H3. The predicted octanol–water partition coefficient (Wildman–Crippen LogP) is 2.24. The van der Waals surface area contributed by atoms with Gasteiger partial charge in [0, 0.05) is 18.7 Å². The summed E-state index contributed by atoms with van der Waals surface area (Å²) in [5, 5.41) is 26.9. The zero-order valence-corrected chi connectivity index (χ0v) is 14.2. The molecule has 0 N–H and O–H groups in total. The molecule has 2 rings (SSSR count). The molecule has 0 atom stereocenters. The van der Waals surface area contributed by atoms with Crippen LogP contribution in [0.3, 0.4) is 0 Å². The Morgan fingerprint density at radius 3 is 2.71 bits per heavy atom. The third-order valence-corrected chi connectivity index (χ3v) is 3.21.